The minimum absolute atomic E-state index is 0.00186. The van der Waals surface area contributed by atoms with E-state index in [1.165, 1.54) is 5.56 Å². The first-order valence-electron chi connectivity index (χ1n) is 7.13. The van der Waals surface area contributed by atoms with E-state index < -0.39 is 0 Å². The average molecular weight is 393 g/mol. The van der Waals surface area contributed by atoms with E-state index in [-0.39, 0.29) is 11.9 Å². The molecule has 0 aliphatic rings. The van der Waals surface area contributed by atoms with Crippen LogP contribution in [-0.4, -0.2) is 5.91 Å². The lowest BCUT2D eigenvalue weighted by Gasteiger charge is -2.15. The highest BCUT2D eigenvalue weighted by atomic mass is 127. The summed E-state index contributed by atoms with van der Waals surface area (Å²) in [4.78, 5) is 12.2. The molecule has 1 atom stereocenters. The second-order valence-electron chi connectivity index (χ2n) is 5.52. The minimum atomic E-state index is -0.0353. The Kier molecular flexibility index (Phi) is 5.39. The van der Waals surface area contributed by atoms with Crippen molar-refractivity contribution in [3.63, 3.8) is 0 Å². The molecule has 2 nitrogen and oxygen atoms in total. The fraction of sp³-hybridized carbons (Fsp3) is 0.278. The van der Waals surface area contributed by atoms with Crippen LogP contribution in [0.2, 0.25) is 0 Å². The minimum Gasteiger partial charge on any atom is -0.346 e. The van der Waals surface area contributed by atoms with E-state index >= 15 is 0 Å². The second kappa shape index (κ2) is 7.07. The SMILES string of the molecule is CC(C)c1ccc(C(C)NC(=O)c2ccc(I)cc2)cc1. The van der Waals surface area contributed by atoms with Gasteiger partial charge in [0.25, 0.3) is 5.91 Å². The summed E-state index contributed by atoms with van der Waals surface area (Å²) < 4.78 is 1.13. The van der Waals surface area contributed by atoms with Crippen LogP contribution < -0.4 is 5.32 Å². The van der Waals surface area contributed by atoms with Gasteiger partial charge in [-0.2, -0.15) is 0 Å². The molecular formula is C18H20INO. The van der Waals surface area contributed by atoms with Gasteiger partial charge >= 0.3 is 0 Å². The van der Waals surface area contributed by atoms with E-state index in [1.54, 1.807) is 0 Å². The van der Waals surface area contributed by atoms with Crippen LogP contribution in [0.25, 0.3) is 0 Å². The molecule has 2 aromatic rings. The molecule has 0 aliphatic heterocycles. The molecule has 0 heterocycles. The maximum Gasteiger partial charge on any atom is 0.251 e. The van der Waals surface area contributed by atoms with Gasteiger partial charge in [-0.1, -0.05) is 38.1 Å². The van der Waals surface area contributed by atoms with Crippen molar-refractivity contribution in [3.8, 4) is 0 Å². The third-order valence-electron chi connectivity index (χ3n) is 3.56. The van der Waals surface area contributed by atoms with Crippen LogP contribution in [-0.2, 0) is 0 Å². The van der Waals surface area contributed by atoms with Crippen LogP contribution in [0.5, 0.6) is 0 Å². The van der Waals surface area contributed by atoms with Crippen LogP contribution in [0, 0.1) is 3.57 Å². The van der Waals surface area contributed by atoms with Gasteiger partial charge in [-0.15, -0.1) is 0 Å². The van der Waals surface area contributed by atoms with Gasteiger partial charge in [-0.3, -0.25) is 4.79 Å². The van der Waals surface area contributed by atoms with E-state index in [0.717, 1.165) is 9.13 Å². The van der Waals surface area contributed by atoms with Crippen LogP contribution in [0.1, 0.15) is 54.2 Å². The Labute approximate surface area is 140 Å². The molecule has 2 rings (SSSR count). The van der Waals surface area contributed by atoms with Crippen LogP contribution in [0.4, 0.5) is 0 Å². The third kappa shape index (κ3) is 4.30. The number of rotatable bonds is 4. The first kappa shape index (κ1) is 16.0. The summed E-state index contributed by atoms with van der Waals surface area (Å²) in [7, 11) is 0. The highest BCUT2D eigenvalue weighted by molar-refractivity contribution is 14.1. The van der Waals surface area contributed by atoms with Crippen molar-refractivity contribution in [2.75, 3.05) is 0 Å². The van der Waals surface area contributed by atoms with Gasteiger partial charge in [0.15, 0.2) is 0 Å². The van der Waals surface area contributed by atoms with Gasteiger partial charge in [0, 0.05) is 9.13 Å². The van der Waals surface area contributed by atoms with Gasteiger partial charge in [0.1, 0.15) is 0 Å². The first-order valence-corrected chi connectivity index (χ1v) is 8.21. The molecule has 0 aromatic heterocycles. The number of carbonyl (C=O) groups is 1. The maximum absolute atomic E-state index is 12.2. The fourth-order valence-electron chi connectivity index (χ4n) is 2.13. The Bertz CT molecular complexity index is 602. The Morgan fingerprint density at radius 2 is 1.43 bits per heavy atom. The lowest BCUT2D eigenvalue weighted by Crippen LogP contribution is -2.26. The summed E-state index contributed by atoms with van der Waals surface area (Å²) in [5.74, 6) is 0.488. The van der Waals surface area contributed by atoms with Gasteiger partial charge in [0.05, 0.1) is 6.04 Å². The van der Waals surface area contributed by atoms with E-state index in [2.05, 4.69) is 66.0 Å². The summed E-state index contributed by atoms with van der Waals surface area (Å²) in [6.07, 6.45) is 0. The molecule has 110 valence electrons. The van der Waals surface area contributed by atoms with Crippen LogP contribution >= 0.6 is 22.6 Å². The zero-order valence-electron chi connectivity index (χ0n) is 12.6. The summed E-state index contributed by atoms with van der Waals surface area (Å²) in [5, 5.41) is 3.04. The molecule has 2 aromatic carbocycles. The molecule has 0 aliphatic carbocycles. The van der Waals surface area contributed by atoms with E-state index in [1.807, 2.05) is 31.2 Å². The van der Waals surface area contributed by atoms with Crippen molar-refractivity contribution in [1.29, 1.82) is 0 Å². The molecule has 0 radical (unpaired) electrons. The monoisotopic (exact) mass is 393 g/mol. The number of carbonyl (C=O) groups excluding carboxylic acids is 1. The molecule has 0 spiro atoms. The normalized spacial score (nSPS) is 12.2. The van der Waals surface area contributed by atoms with Crippen molar-refractivity contribution in [3.05, 3.63) is 68.8 Å². The Morgan fingerprint density at radius 1 is 0.905 bits per heavy atom. The van der Waals surface area contributed by atoms with Crippen molar-refractivity contribution in [2.24, 2.45) is 0 Å². The third-order valence-corrected chi connectivity index (χ3v) is 4.28. The van der Waals surface area contributed by atoms with Crippen molar-refractivity contribution in [2.45, 2.75) is 32.7 Å². The smallest absolute Gasteiger partial charge is 0.251 e. The predicted octanol–water partition coefficient (Wildman–Crippen LogP) is 4.91. The molecule has 1 unspecified atom stereocenters. The van der Waals surface area contributed by atoms with Crippen molar-refractivity contribution < 1.29 is 4.79 Å². The maximum atomic E-state index is 12.2. The molecule has 1 N–H and O–H groups in total. The highest BCUT2D eigenvalue weighted by Crippen LogP contribution is 2.19. The summed E-state index contributed by atoms with van der Waals surface area (Å²) in [6, 6.07) is 16.0. The second-order valence-corrected chi connectivity index (χ2v) is 6.77. The quantitative estimate of drug-likeness (QED) is 0.736. The summed E-state index contributed by atoms with van der Waals surface area (Å²) >= 11 is 2.23. The average Bonchev–Trinajstić information content (AvgIpc) is 2.47. The molecular weight excluding hydrogens is 373 g/mol. The van der Waals surface area contributed by atoms with Crippen molar-refractivity contribution in [1.82, 2.24) is 5.32 Å². The van der Waals surface area contributed by atoms with E-state index in [9.17, 15) is 4.79 Å². The number of hydrogen-bond donors (Lipinski definition) is 1. The Balaban J connectivity index is 2.05. The standard InChI is InChI=1S/C18H20INO/c1-12(2)14-4-6-15(7-5-14)13(3)20-18(21)16-8-10-17(19)11-9-16/h4-13H,1-3H3,(H,20,21). The topological polar surface area (TPSA) is 29.1 Å². The number of benzene rings is 2. The molecule has 0 saturated carbocycles. The van der Waals surface area contributed by atoms with E-state index in [4.69, 9.17) is 0 Å². The van der Waals surface area contributed by atoms with Crippen molar-refractivity contribution >= 4 is 28.5 Å². The Morgan fingerprint density at radius 3 is 1.95 bits per heavy atom. The van der Waals surface area contributed by atoms with Gasteiger partial charge in [-0.05, 0) is 70.8 Å². The molecule has 0 saturated heterocycles. The molecule has 0 fully saturated rings. The lowest BCUT2D eigenvalue weighted by atomic mass is 9.99. The summed E-state index contributed by atoms with van der Waals surface area (Å²) in [6.45, 7) is 6.36. The largest absolute Gasteiger partial charge is 0.346 e. The Hall–Kier alpha value is -1.36. The summed E-state index contributed by atoms with van der Waals surface area (Å²) in [5.41, 5.74) is 3.13. The number of hydrogen-bond acceptors (Lipinski definition) is 1. The fourth-order valence-corrected chi connectivity index (χ4v) is 2.49. The molecule has 21 heavy (non-hydrogen) atoms. The predicted molar refractivity (Wildman–Crippen MR) is 95.6 cm³/mol. The number of nitrogens with one attached hydrogen (secondary N) is 1. The van der Waals surface area contributed by atoms with Gasteiger partial charge in [0.2, 0.25) is 0 Å². The van der Waals surface area contributed by atoms with E-state index in [0.29, 0.717) is 11.5 Å². The van der Waals surface area contributed by atoms with Gasteiger partial charge in [-0.25, -0.2) is 0 Å². The van der Waals surface area contributed by atoms with Crippen LogP contribution in [0.3, 0.4) is 0 Å². The molecule has 0 bridgehead atoms. The van der Waals surface area contributed by atoms with Gasteiger partial charge < -0.3 is 5.32 Å². The zero-order chi connectivity index (χ0) is 15.4. The highest BCUT2D eigenvalue weighted by Gasteiger charge is 2.11. The van der Waals surface area contributed by atoms with Crippen LogP contribution in [0.15, 0.2) is 48.5 Å². The lowest BCUT2D eigenvalue weighted by molar-refractivity contribution is 0.0940. The first-order chi connectivity index (χ1) is 9.97. The zero-order valence-corrected chi connectivity index (χ0v) is 14.7. The molecule has 3 heteroatoms. The molecule has 1 amide bonds. The number of halogens is 1. The number of amides is 1.